The van der Waals surface area contributed by atoms with E-state index in [2.05, 4.69) is 11.4 Å². The average Bonchev–Trinajstić information content (AvgIpc) is 2.49. The molecule has 5 heteroatoms. The van der Waals surface area contributed by atoms with Gasteiger partial charge >= 0.3 is 0 Å². The zero-order chi connectivity index (χ0) is 15.5. The molecule has 0 unspecified atom stereocenters. The molecule has 0 radical (unpaired) electrons. The van der Waals surface area contributed by atoms with Crippen LogP contribution in [0.3, 0.4) is 0 Å². The molecule has 0 saturated carbocycles. The van der Waals surface area contributed by atoms with Crippen molar-refractivity contribution in [2.75, 3.05) is 47.5 Å². The van der Waals surface area contributed by atoms with Crippen LogP contribution in [0.1, 0.15) is 12.0 Å². The van der Waals surface area contributed by atoms with Crippen molar-refractivity contribution in [1.82, 2.24) is 10.2 Å². The molecule has 0 aliphatic heterocycles. The molecule has 1 aromatic carbocycles. The number of hydrogen-bond acceptors (Lipinski definition) is 4. The lowest BCUT2D eigenvalue weighted by Gasteiger charge is -2.17. The fraction of sp³-hybridized carbons (Fsp3) is 0.562. The van der Waals surface area contributed by atoms with Gasteiger partial charge in [0.25, 0.3) is 0 Å². The molecule has 118 valence electrons. The minimum Gasteiger partial charge on any atom is -0.496 e. The minimum absolute atomic E-state index is 0.0497. The van der Waals surface area contributed by atoms with Gasteiger partial charge < -0.3 is 14.8 Å². The summed E-state index contributed by atoms with van der Waals surface area (Å²) < 4.78 is 10.3. The van der Waals surface area contributed by atoms with Gasteiger partial charge in [0.2, 0.25) is 5.91 Å². The second-order valence-corrected chi connectivity index (χ2v) is 5.00. The number of amides is 1. The molecule has 0 atom stereocenters. The van der Waals surface area contributed by atoms with Crippen molar-refractivity contribution >= 4 is 5.91 Å². The van der Waals surface area contributed by atoms with Crippen LogP contribution in [-0.2, 0) is 16.0 Å². The Kier molecular flexibility index (Phi) is 8.47. The van der Waals surface area contributed by atoms with Gasteiger partial charge in [-0.15, -0.1) is 0 Å². The first-order chi connectivity index (χ1) is 10.2. The zero-order valence-electron chi connectivity index (χ0n) is 13.2. The molecule has 5 nitrogen and oxygen atoms in total. The predicted octanol–water partition coefficient (Wildman–Crippen LogP) is 1.32. The van der Waals surface area contributed by atoms with Crippen molar-refractivity contribution in [2.24, 2.45) is 0 Å². The summed E-state index contributed by atoms with van der Waals surface area (Å²) in [7, 11) is 5.29. The summed E-state index contributed by atoms with van der Waals surface area (Å²) in [6.45, 7) is 2.55. The SMILES string of the molecule is COCCCNC(=O)CN(C)CCc1ccccc1OC. The summed E-state index contributed by atoms with van der Waals surface area (Å²) in [6, 6.07) is 7.97. The maximum Gasteiger partial charge on any atom is 0.234 e. The summed E-state index contributed by atoms with van der Waals surface area (Å²) in [5.41, 5.74) is 1.16. The van der Waals surface area contributed by atoms with Crippen LogP contribution in [0.15, 0.2) is 24.3 Å². The zero-order valence-corrected chi connectivity index (χ0v) is 13.2. The lowest BCUT2D eigenvalue weighted by Crippen LogP contribution is -2.36. The minimum atomic E-state index is 0.0497. The lowest BCUT2D eigenvalue weighted by molar-refractivity contribution is -0.121. The number of benzene rings is 1. The Morgan fingerprint density at radius 1 is 1.29 bits per heavy atom. The molecule has 0 aliphatic carbocycles. The first-order valence-electron chi connectivity index (χ1n) is 7.23. The number of rotatable bonds is 10. The Morgan fingerprint density at radius 2 is 2.05 bits per heavy atom. The molecule has 1 amide bonds. The van der Waals surface area contributed by atoms with Crippen molar-refractivity contribution in [3.05, 3.63) is 29.8 Å². The number of likely N-dealkylation sites (N-methyl/N-ethyl adjacent to an activating group) is 1. The second-order valence-electron chi connectivity index (χ2n) is 5.00. The average molecular weight is 294 g/mol. The maximum atomic E-state index is 11.7. The van der Waals surface area contributed by atoms with Crippen LogP contribution < -0.4 is 10.1 Å². The van der Waals surface area contributed by atoms with E-state index in [4.69, 9.17) is 9.47 Å². The number of nitrogens with one attached hydrogen (secondary N) is 1. The van der Waals surface area contributed by atoms with E-state index in [0.717, 1.165) is 30.7 Å². The van der Waals surface area contributed by atoms with E-state index < -0.39 is 0 Å². The van der Waals surface area contributed by atoms with Crippen LogP contribution in [0.4, 0.5) is 0 Å². The van der Waals surface area contributed by atoms with Crippen molar-refractivity contribution in [1.29, 1.82) is 0 Å². The van der Waals surface area contributed by atoms with E-state index in [0.29, 0.717) is 19.7 Å². The maximum absolute atomic E-state index is 11.7. The third-order valence-corrected chi connectivity index (χ3v) is 3.22. The molecule has 0 heterocycles. The van der Waals surface area contributed by atoms with Gasteiger partial charge in [0.05, 0.1) is 13.7 Å². The molecule has 0 fully saturated rings. The first-order valence-corrected chi connectivity index (χ1v) is 7.23. The summed E-state index contributed by atoms with van der Waals surface area (Å²) in [4.78, 5) is 13.7. The van der Waals surface area contributed by atoms with Crippen molar-refractivity contribution < 1.29 is 14.3 Å². The van der Waals surface area contributed by atoms with E-state index in [9.17, 15) is 4.79 Å². The Morgan fingerprint density at radius 3 is 2.76 bits per heavy atom. The van der Waals surface area contributed by atoms with E-state index in [1.807, 2.05) is 30.1 Å². The second kappa shape index (κ2) is 10.2. The quantitative estimate of drug-likeness (QED) is 0.661. The summed E-state index contributed by atoms with van der Waals surface area (Å²) in [5.74, 6) is 0.948. The number of methoxy groups -OCH3 is 2. The predicted molar refractivity (Wildman–Crippen MR) is 83.7 cm³/mol. The highest BCUT2D eigenvalue weighted by atomic mass is 16.5. The highest BCUT2D eigenvalue weighted by Gasteiger charge is 2.08. The van der Waals surface area contributed by atoms with Gasteiger partial charge in [0.15, 0.2) is 0 Å². The van der Waals surface area contributed by atoms with Gasteiger partial charge in [-0.2, -0.15) is 0 Å². The summed E-state index contributed by atoms with van der Waals surface area (Å²) >= 11 is 0. The number of hydrogen-bond donors (Lipinski definition) is 1. The molecule has 1 N–H and O–H groups in total. The monoisotopic (exact) mass is 294 g/mol. The third kappa shape index (κ3) is 7.11. The molecule has 0 bridgehead atoms. The third-order valence-electron chi connectivity index (χ3n) is 3.22. The molecule has 0 spiro atoms. The van der Waals surface area contributed by atoms with Crippen molar-refractivity contribution in [2.45, 2.75) is 12.8 Å². The van der Waals surface area contributed by atoms with E-state index in [1.54, 1.807) is 14.2 Å². The Balaban J connectivity index is 2.27. The topological polar surface area (TPSA) is 50.8 Å². The van der Waals surface area contributed by atoms with Gasteiger partial charge in [0, 0.05) is 26.8 Å². The highest BCUT2D eigenvalue weighted by molar-refractivity contribution is 5.77. The molecule has 21 heavy (non-hydrogen) atoms. The van der Waals surface area contributed by atoms with Crippen molar-refractivity contribution in [3.8, 4) is 5.75 Å². The molecular weight excluding hydrogens is 268 g/mol. The largest absolute Gasteiger partial charge is 0.496 e. The normalized spacial score (nSPS) is 10.7. The van der Waals surface area contributed by atoms with E-state index in [1.165, 1.54) is 0 Å². The van der Waals surface area contributed by atoms with Crippen molar-refractivity contribution in [3.63, 3.8) is 0 Å². The smallest absolute Gasteiger partial charge is 0.234 e. The Hall–Kier alpha value is -1.59. The number of nitrogens with zero attached hydrogens (tertiary/aromatic N) is 1. The van der Waals surface area contributed by atoms with E-state index in [-0.39, 0.29) is 5.91 Å². The standard InChI is InChI=1S/C16H26N2O3/c1-18(13-16(19)17-10-6-12-20-2)11-9-14-7-4-5-8-15(14)21-3/h4-5,7-8H,6,9-13H2,1-3H3,(H,17,19). The van der Waals surface area contributed by atoms with Gasteiger partial charge in [-0.3, -0.25) is 9.69 Å². The first kappa shape index (κ1) is 17.5. The number of ether oxygens (including phenoxy) is 2. The lowest BCUT2D eigenvalue weighted by atomic mass is 10.1. The summed E-state index contributed by atoms with van der Waals surface area (Å²) in [6.07, 6.45) is 1.70. The number of carbonyl (C=O) groups excluding carboxylic acids is 1. The molecular formula is C16H26N2O3. The van der Waals surface area contributed by atoms with Crippen LogP contribution >= 0.6 is 0 Å². The van der Waals surface area contributed by atoms with Crippen LogP contribution in [0.5, 0.6) is 5.75 Å². The molecule has 0 aromatic heterocycles. The Bertz CT molecular complexity index is 424. The Labute approximate surface area is 127 Å². The van der Waals surface area contributed by atoms with Crippen LogP contribution in [-0.4, -0.2) is 58.3 Å². The van der Waals surface area contributed by atoms with Gasteiger partial charge in [-0.25, -0.2) is 0 Å². The fourth-order valence-corrected chi connectivity index (χ4v) is 2.05. The van der Waals surface area contributed by atoms with Gasteiger partial charge in [0.1, 0.15) is 5.75 Å². The molecule has 1 aromatic rings. The van der Waals surface area contributed by atoms with Crippen LogP contribution in [0.2, 0.25) is 0 Å². The van der Waals surface area contributed by atoms with Crippen LogP contribution in [0, 0.1) is 0 Å². The fourth-order valence-electron chi connectivity index (χ4n) is 2.05. The molecule has 0 aliphatic rings. The summed E-state index contributed by atoms with van der Waals surface area (Å²) in [5, 5.41) is 2.88. The highest BCUT2D eigenvalue weighted by Crippen LogP contribution is 2.17. The molecule has 1 rings (SSSR count). The van der Waals surface area contributed by atoms with Crippen LogP contribution in [0.25, 0.3) is 0 Å². The van der Waals surface area contributed by atoms with Gasteiger partial charge in [-0.1, -0.05) is 18.2 Å². The van der Waals surface area contributed by atoms with Gasteiger partial charge in [-0.05, 0) is 31.5 Å². The number of carbonyl (C=O) groups is 1. The van der Waals surface area contributed by atoms with E-state index >= 15 is 0 Å². The number of para-hydroxylation sites is 1. The molecule has 0 saturated heterocycles.